The molecule has 0 atom stereocenters. The largest absolute Gasteiger partial charge is 0.302 e. The first-order chi connectivity index (χ1) is 14.9. The van der Waals surface area contributed by atoms with E-state index in [2.05, 4.69) is 44.7 Å². The van der Waals surface area contributed by atoms with E-state index in [0.29, 0.717) is 18.7 Å². The number of hydrogen-bond donors (Lipinski definition) is 0. The van der Waals surface area contributed by atoms with Crippen molar-refractivity contribution in [3.05, 3.63) is 53.3 Å². The van der Waals surface area contributed by atoms with Gasteiger partial charge in [0, 0.05) is 30.2 Å². The molecule has 0 fully saturated rings. The molecule has 8 heteroatoms. The normalized spacial score (nSPS) is 11.1. The number of rotatable bonds is 10. The molecule has 3 rings (SSSR count). The van der Waals surface area contributed by atoms with Gasteiger partial charge in [-0.15, -0.1) is 24.2 Å². The molecule has 1 heterocycles. The number of carbonyl (C=O) groups excluding carboxylic acids is 1. The fourth-order valence-electron chi connectivity index (χ4n) is 3.51. The molecule has 4 nitrogen and oxygen atoms in total. The standard InChI is InChI=1S/C24H30FN3OS2.ClH/c1-5-27(6-2)12-13-28(22(29)11-14-30-20-9-7-19(25)8-10-20)24-26-21-16-17(3)15-18(4)23(21)31-24;/h7-10,15-16H,5-6,11-14H2,1-4H3;1H. The van der Waals surface area contributed by atoms with E-state index in [1.165, 1.54) is 23.3 Å². The van der Waals surface area contributed by atoms with E-state index in [9.17, 15) is 9.18 Å². The molecular formula is C24H31ClFN3OS2. The van der Waals surface area contributed by atoms with Crippen molar-refractivity contribution < 1.29 is 9.18 Å². The third-order valence-corrected chi connectivity index (χ3v) is 7.52. The maximum atomic E-state index is 13.2. The molecule has 174 valence electrons. The van der Waals surface area contributed by atoms with Gasteiger partial charge in [-0.3, -0.25) is 9.69 Å². The van der Waals surface area contributed by atoms with Gasteiger partial charge < -0.3 is 4.90 Å². The Hall–Kier alpha value is -1.67. The second kappa shape index (κ2) is 12.5. The average Bonchev–Trinajstić information content (AvgIpc) is 3.16. The molecule has 0 spiro atoms. The Morgan fingerprint density at radius 2 is 1.78 bits per heavy atom. The van der Waals surface area contributed by atoms with Crippen LogP contribution in [0.5, 0.6) is 0 Å². The van der Waals surface area contributed by atoms with Crippen molar-refractivity contribution in [3.8, 4) is 0 Å². The highest BCUT2D eigenvalue weighted by Crippen LogP contribution is 2.32. The maximum absolute atomic E-state index is 13.2. The number of thioether (sulfide) groups is 1. The van der Waals surface area contributed by atoms with Crippen molar-refractivity contribution in [1.29, 1.82) is 0 Å². The predicted molar refractivity (Wildman–Crippen MR) is 138 cm³/mol. The van der Waals surface area contributed by atoms with Gasteiger partial charge in [0.1, 0.15) is 5.82 Å². The van der Waals surface area contributed by atoms with Gasteiger partial charge in [0.05, 0.1) is 10.2 Å². The molecule has 0 aliphatic carbocycles. The second-order valence-corrected chi connectivity index (χ2v) is 9.70. The van der Waals surface area contributed by atoms with Crippen LogP contribution in [0.15, 0.2) is 41.3 Å². The Bertz CT molecular complexity index is 1020. The quantitative estimate of drug-likeness (QED) is 0.308. The van der Waals surface area contributed by atoms with E-state index in [0.717, 1.165) is 39.9 Å². The lowest BCUT2D eigenvalue weighted by atomic mass is 10.1. The van der Waals surface area contributed by atoms with Crippen LogP contribution in [0.4, 0.5) is 9.52 Å². The van der Waals surface area contributed by atoms with Crippen LogP contribution in [0.2, 0.25) is 0 Å². The van der Waals surface area contributed by atoms with Gasteiger partial charge in [-0.25, -0.2) is 9.37 Å². The molecule has 2 aromatic carbocycles. The molecule has 1 aromatic heterocycles. The smallest absolute Gasteiger partial charge is 0.229 e. The SMILES string of the molecule is CCN(CC)CCN(C(=O)CCSc1ccc(F)cc1)c1nc2cc(C)cc(C)c2s1.Cl. The summed E-state index contributed by atoms with van der Waals surface area (Å²) in [4.78, 5) is 23.2. The zero-order valence-corrected chi connectivity index (χ0v) is 21.5. The molecule has 1 amide bonds. The van der Waals surface area contributed by atoms with Crippen molar-refractivity contribution >= 4 is 56.8 Å². The van der Waals surface area contributed by atoms with Gasteiger partial charge in [0.25, 0.3) is 0 Å². The Kier molecular flexibility index (Phi) is 10.4. The van der Waals surface area contributed by atoms with E-state index in [1.807, 2.05) is 4.90 Å². The highest BCUT2D eigenvalue weighted by atomic mass is 35.5. The van der Waals surface area contributed by atoms with Gasteiger partial charge >= 0.3 is 0 Å². The van der Waals surface area contributed by atoms with Crippen LogP contribution in [0, 0.1) is 19.7 Å². The summed E-state index contributed by atoms with van der Waals surface area (Å²) in [6.07, 6.45) is 0.411. The van der Waals surface area contributed by atoms with Gasteiger partial charge in [0.15, 0.2) is 5.13 Å². The minimum Gasteiger partial charge on any atom is -0.302 e. The minimum absolute atomic E-state index is 0. The number of anilines is 1. The molecular weight excluding hydrogens is 465 g/mol. The molecule has 0 N–H and O–H groups in total. The maximum Gasteiger partial charge on any atom is 0.229 e. The first-order valence-corrected chi connectivity index (χ1v) is 12.5. The third-order valence-electron chi connectivity index (χ3n) is 5.27. The number of thiazole rings is 1. The first kappa shape index (κ1) is 26.6. The Morgan fingerprint density at radius 1 is 1.09 bits per heavy atom. The lowest BCUT2D eigenvalue weighted by Crippen LogP contribution is -2.39. The highest BCUT2D eigenvalue weighted by molar-refractivity contribution is 7.99. The zero-order valence-electron chi connectivity index (χ0n) is 19.1. The number of amides is 1. The first-order valence-electron chi connectivity index (χ1n) is 10.7. The summed E-state index contributed by atoms with van der Waals surface area (Å²) in [5.74, 6) is 0.481. The molecule has 0 unspecified atom stereocenters. The van der Waals surface area contributed by atoms with E-state index >= 15 is 0 Å². The van der Waals surface area contributed by atoms with Crippen LogP contribution in [0.1, 0.15) is 31.4 Å². The topological polar surface area (TPSA) is 36.4 Å². The number of hydrogen-bond acceptors (Lipinski definition) is 5. The van der Waals surface area contributed by atoms with Crippen LogP contribution >= 0.6 is 35.5 Å². The Morgan fingerprint density at radius 3 is 2.44 bits per heavy atom. The lowest BCUT2D eigenvalue weighted by molar-refractivity contribution is -0.118. The average molecular weight is 496 g/mol. The summed E-state index contributed by atoms with van der Waals surface area (Å²) < 4.78 is 14.2. The van der Waals surface area contributed by atoms with Gasteiger partial charge in [-0.1, -0.05) is 31.3 Å². The van der Waals surface area contributed by atoms with Gasteiger partial charge in [0.2, 0.25) is 5.91 Å². The summed E-state index contributed by atoms with van der Waals surface area (Å²) in [5, 5.41) is 0.771. The zero-order chi connectivity index (χ0) is 22.4. The van der Waals surface area contributed by atoms with Crippen LogP contribution in [0.3, 0.4) is 0 Å². The minimum atomic E-state index is -0.246. The van der Waals surface area contributed by atoms with E-state index < -0.39 is 0 Å². The van der Waals surface area contributed by atoms with Crippen LogP contribution < -0.4 is 4.90 Å². The summed E-state index contributed by atoms with van der Waals surface area (Å²) in [6.45, 7) is 11.8. The number of halogens is 2. The Labute approximate surface area is 204 Å². The predicted octanol–water partition coefficient (Wildman–Crippen LogP) is 6.33. The van der Waals surface area contributed by atoms with Crippen molar-refractivity contribution in [3.63, 3.8) is 0 Å². The number of nitrogens with zero attached hydrogens (tertiary/aromatic N) is 3. The number of aromatic nitrogens is 1. The van der Waals surface area contributed by atoms with Crippen molar-refractivity contribution in [2.45, 2.75) is 39.0 Å². The molecule has 0 saturated carbocycles. The van der Waals surface area contributed by atoms with Crippen molar-refractivity contribution in [2.75, 3.05) is 36.8 Å². The lowest BCUT2D eigenvalue weighted by Gasteiger charge is -2.24. The van der Waals surface area contributed by atoms with Crippen LogP contribution in [-0.2, 0) is 4.79 Å². The van der Waals surface area contributed by atoms with Gasteiger partial charge in [-0.05, 0) is 68.4 Å². The summed E-state index contributed by atoms with van der Waals surface area (Å²) >= 11 is 3.17. The van der Waals surface area contributed by atoms with Crippen LogP contribution in [0.25, 0.3) is 10.2 Å². The molecule has 0 aliphatic heterocycles. The molecule has 0 saturated heterocycles. The third kappa shape index (κ3) is 6.91. The highest BCUT2D eigenvalue weighted by Gasteiger charge is 2.21. The number of benzene rings is 2. The molecule has 0 bridgehead atoms. The van der Waals surface area contributed by atoms with E-state index in [1.54, 1.807) is 35.2 Å². The Balaban J connectivity index is 0.00000363. The molecule has 32 heavy (non-hydrogen) atoms. The van der Waals surface area contributed by atoms with Crippen molar-refractivity contribution in [1.82, 2.24) is 9.88 Å². The fourth-order valence-corrected chi connectivity index (χ4v) is 5.41. The number of fused-ring (bicyclic) bond motifs is 1. The molecule has 0 aliphatic rings. The van der Waals surface area contributed by atoms with Crippen LogP contribution in [-0.4, -0.2) is 47.7 Å². The number of aryl methyl sites for hydroxylation is 2. The molecule has 0 radical (unpaired) electrons. The van der Waals surface area contributed by atoms with Gasteiger partial charge in [-0.2, -0.15) is 0 Å². The van der Waals surface area contributed by atoms with Crippen molar-refractivity contribution in [2.24, 2.45) is 0 Å². The number of likely N-dealkylation sites (N-methyl/N-ethyl adjacent to an activating group) is 1. The fraction of sp³-hybridized carbons (Fsp3) is 0.417. The summed E-state index contributed by atoms with van der Waals surface area (Å²) in [6, 6.07) is 10.6. The summed E-state index contributed by atoms with van der Waals surface area (Å²) in [7, 11) is 0. The number of carbonyl (C=O) groups is 1. The monoisotopic (exact) mass is 495 g/mol. The van der Waals surface area contributed by atoms with E-state index in [4.69, 9.17) is 4.98 Å². The summed E-state index contributed by atoms with van der Waals surface area (Å²) in [5.41, 5.74) is 3.33. The molecule has 3 aromatic rings. The van der Waals surface area contributed by atoms with E-state index in [-0.39, 0.29) is 24.1 Å². The second-order valence-electron chi connectivity index (χ2n) is 7.55.